The number of benzene rings is 2. The third-order valence-electron chi connectivity index (χ3n) is 6.51. The topological polar surface area (TPSA) is 56.6 Å². The number of rotatable bonds is 5. The Morgan fingerprint density at radius 3 is 2.74 bits per heavy atom. The maximum absolute atomic E-state index is 12.9. The van der Waals surface area contributed by atoms with Gasteiger partial charge in [-0.2, -0.15) is 0 Å². The number of hydrogen-bond donors (Lipinski definition) is 0. The minimum Gasteiger partial charge on any atom is -0.497 e. The molecule has 0 radical (unpaired) electrons. The van der Waals surface area contributed by atoms with Crippen LogP contribution < -0.4 is 4.74 Å². The molecule has 1 atom stereocenters. The predicted molar refractivity (Wildman–Crippen MR) is 119 cm³/mol. The smallest absolute Gasteiger partial charge is 0.226 e. The fourth-order valence-corrected chi connectivity index (χ4v) is 4.90. The molecule has 2 aromatic carbocycles. The molecule has 31 heavy (non-hydrogen) atoms. The number of nitrogens with zero attached hydrogens (tertiary/aromatic N) is 3. The summed E-state index contributed by atoms with van der Waals surface area (Å²) in [6.45, 7) is 2.35. The molecule has 2 aliphatic rings. The van der Waals surface area contributed by atoms with E-state index in [1.807, 2.05) is 35.2 Å². The Morgan fingerprint density at radius 2 is 1.97 bits per heavy atom. The quantitative estimate of drug-likeness (QED) is 0.619. The van der Waals surface area contributed by atoms with E-state index in [0.717, 1.165) is 68.0 Å². The molecular weight excluding hydrogens is 390 g/mol. The van der Waals surface area contributed by atoms with E-state index in [0.29, 0.717) is 12.5 Å². The normalized spacial score (nSPS) is 19.8. The lowest BCUT2D eigenvalue weighted by molar-refractivity contribution is -0.131. The van der Waals surface area contributed by atoms with Crippen molar-refractivity contribution in [2.75, 3.05) is 26.8 Å². The molecule has 2 aliphatic heterocycles. The van der Waals surface area contributed by atoms with Gasteiger partial charge in [-0.15, -0.1) is 0 Å². The molecule has 0 bridgehead atoms. The Bertz CT molecular complexity index is 1060. The van der Waals surface area contributed by atoms with Crippen molar-refractivity contribution in [3.05, 3.63) is 59.9 Å². The first-order valence-electron chi connectivity index (χ1n) is 11.2. The van der Waals surface area contributed by atoms with Gasteiger partial charge in [0.1, 0.15) is 17.7 Å². The summed E-state index contributed by atoms with van der Waals surface area (Å²) in [4.78, 5) is 19.8. The number of carbonyl (C=O) groups excluding carboxylic acids is 1. The highest BCUT2D eigenvalue weighted by Crippen LogP contribution is 2.35. The summed E-state index contributed by atoms with van der Waals surface area (Å²) in [5, 5.41) is 0. The highest BCUT2D eigenvalue weighted by molar-refractivity contribution is 5.79. The molecule has 6 heteroatoms. The number of hydrogen-bond acceptors (Lipinski definition) is 4. The van der Waals surface area contributed by atoms with E-state index >= 15 is 0 Å². The lowest BCUT2D eigenvalue weighted by Crippen LogP contribution is -2.40. The van der Waals surface area contributed by atoms with Gasteiger partial charge in [0.15, 0.2) is 0 Å². The van der Waals surface area contributed by atoms with Crippen LogP contribution in [0.4, 0.5) is 0 Å². The number of fused-ring (bicyclic) bond motifs is 1. The van der Waals surface area contributed by atoms with E-state index in [9.17, 15) is 4.79 Å². The molecule has 2 saturated heterocycles. The SMILES string of the molecule is COc1cccc(CC(=O)N2CCC(n3c(C4CCCO4)nc4ccccc43)CC2)c1. The van der Waals surface area contributed by atoms with Crippen LogP contribution in [-0.2, 0) is 16.0 Å². The number of likely N-dealkylation sites (tertiary alicyclic amines) is 1. The standard InChI is InChI=1S/C25H29N3O3/c1-30-20-7-4-6-18(16-20)17-24(29)27-13-11-19(12-14-27)28-22-9-3-2-8-21(22)26-25(28)23-10-5-15-31-23/h2-4,6-9,16,19,23H,5,10-15,17H2,1H3. The van der Waals surface area contributed by atoms with E-state index in [4.69, 9.17) is 14.5 Å². The number of ether oxygens (including phenoxy) is 2. The van der Waals surface area contributed by atoms with Gasteiger partial charge in [-0.1, -0.05) is 24.3 Å². The molecule has 0 spiro atoms. The van der Waals surface area contributed by atoms with Crippen LogP contribution in [0.3, 0.4) is 0 Å². The van der Waals surface area contributed by atoms with Crippen molar-refractivity contribution in [1.82, 2.24) is 14.5 Å². The molecule has 6 nitrogen and oxygen atoms in total. The zero-order valence-corrected chi connectivity index (χ0v) is 18.0. The fourth-order valence-electron chi connectivity index (χ4n) is 4.90. The lowest BCUT2D eigenvalue weighted by atomic mass is 10.0. The number of imidazole rings is 1. The summed E-state index contributed by atoms with van der Waals surface area (Å²) in [6.07, 6.45) is 4.48. The van der Waals surface area contributed by atoms with Crippen LogP contribution in [0.5, 0.6) is 5.75 Å². The van der Waals surface area contributed by atoms with Gasteiger partial charge in [0.25, 0.3) is 0 Å². The molecular formula is C25H29N3O3. The van der Waals surface area contributed by atoms with Crippen molar-refractivity contribution in [1.29, 1.82) is 0 Å². The van der Waals surface area contributed by atoms with E-state index in [1.54, 1.807) is 7.11 Å². The van der Waals surface area contributed by atoms with E-state index in [-0.39, 0.29) is 12.0 Å². The summed E-state index contributed by atoms with van der Waals surface area (Å²) in [5.41, 5.74) is 3.20. The monoisotopic (exact) mass is 419 g/mol. The van der Waals surface area contributed by atoms with Crippen molar-refractivity contribution in [3.63, 3.8) is 0 Å². The van der Waals surface area contributed by atoms with E-state index in [2.05, 4.69) is 22.8 Å². The molecule has 0 aliphatic carbocycles. The fraction of sp³-hybridized carbons (Fsp3) is 0.440. The van der Waals surface area contributed by atoms with Crippen LogP contribution in [0.15, 0.2) is 48.5 Å². The second kappa shape index (κ2) is 8.71. The second-order valence-electron chi connectivity index (χ2n) is 8.47. The van der Waals surface area contributed by atoms with Crippen LogP contribution in [0.25, 0.3) is 11.0 Å². The maximum Gasteiger partial charge on any atom is 0.226 e. The maximum atomic E-state index is 12.9. The van der Waals surface area contributed by atoms with Gasteiger partial charge < -0.3 is 18.9 Å². The van der Waals surface area contributed by atoms with Crippen LogP contribution in [-0.4, -0.2) is 47.2 Å². The molecule has 162 valence electrons. The Kier molecular flexibility index (Phi) is 5.64. The predicted octanol–water partition coefficient (Wildman–Crippen LogP) is 4.30. The average molecular weight is 420 g/mol. The molecule has 3 heterocycles. The van der Waals surface area contributed by atoms with Gasteiger partial charge in [-0.05, 0) is 55.5 Å². The van der Waals surface area contributed by atoms with Gasteiger partial charge in [0.2, 0.25) is 5.91 Å². The number of aromatic nitrogens is 2. The number of para-hydroxylation sites is 2. The first-order chi connectivity index (χ1) is 15.2. The Labute approximate surface area is 182 Å². The van der Waals surface area contributed by atoms with Crippen molar-refractivity contribution in [2.45, 2.75) is 44.2 Å². The summed E-state index contributed by atoms with van der Waals surface area (Å²) >= 11 is 0. The molecule has 1 aromatic heterocycles. The van der Waals surface area contributed by atoms with Gasteiger partial charge in [-0.3, -0.25) is 4.79 Å². The summed E-state index contributed by atoms with van der Waals surface area (Å²) in [7, 11) is 1.65. The van der Waals surface area contributed by atoms with Crippen LogP contribution in [0.2, 0.25) is 0 Å². The average Bonchev–Trinajstić information content (AvgIpc) is 3.47. The van der Waals surface area contributed by atoms with E-state index in [1.165, 1.54) is 5.52 Å². The first kappa shape index (κ1) is 20.1. The van der Waals surface area contributed by atoms with Gasteiger partial charge in [0, 0.05) is 25.7 Å². The second-order valence-corrected chi connectivity index (χ2v) is 8.47. The minimum absolute atomic E-state index is 0.0834. The highest BCUT2D eigenvalue weighted by atomic mass is 16.5. The van der Waals surface area contributed by atoms with Gasteiger partial charge in [-0.25, -0.2) is 4.98 Å². The van der Waals surface area contributed by atoms with Crippen LogP contribution in [0.1, 0.15) is 49.2 Å². The van der Waals surface area contributed by atoms with Crippen LogP contribution in [0, 0.1) is 0 Å². The zero-order valence-electron chi connectivity index (χ0n) is 18.0. The minimum atomic E-state index is 0.0834. The molecule has 0 saturated carbocycles. The zero-order chi connectivity index (χ0) is 21.2. The molecule has 2 fully saturated rings. The third kappa shape index (κ3) is 4.04. The van der Waals surface area contributed by atoms with Gasteiger partial charge >= 0.3 is 0 Å². The largest absolute Gasteiger partial charge is 0.497 e. The molecule has 1 unspecified atom stereocenters. The number of carbonyl (C=O) groups is 1. The molecule has 0 N–H and O–H groups in total. The Balaban J connectivity index is 1.31. The lowest BCUT2D eigenvalue weighted by Gasteiger charge is -2.34. The molecule has 5 rings (SSSR count). The van der Waals surface area contributed by atoms with Crippen molar-refractivity contribution in [2.24, 2.45) is 0 Å². The number of amides is 1. The summed E-state index contributed by atoms with van der Waals surface area (Å²) < 4.78 is 13.7. The van der Waals surface area contributed by atoms with E-state index < -0.39 is 0 Å². The molecule has 1 amide bonds. The highest BCUT2D eigenvalue weighted by Gasteiger charge is 2.30. The van der Waals surface area contributed by atoms with Crippen molar-refractivity contribution < 1.29 is 14.3 Å². The summed E-state index contributed by atoms with van der Waals surface area (Å²) in [6, 6.07) is 16.5. The molecule has 3 aromatic rings. The Morgan fingerprint density at radius 1 is 1.13 bits per heavy atom. The van der Waals surface area contributed by atoms with Gasteiger partial charge in [0.05, 0.1) is 24.6 Å². The van der Waals surface area contributed by atoms with Crippen molar-refractivity contribution >= 4 is 16.9 Å². The van der Waals surface area contributed by atoms with Crippen molar-refractivity contribution in [3.8, 4) is 5.75 Å². The number of methoxy groups -OCH3 is 1. The first-order valence-corrected chi connectivity index (χ1v) is 11.2. The van der Waals surface area contributed by atoms with Crippen LogP contribution >= 0.6 is 0 Å². The number of piperidine rings is 1. The Hall–Kier alpha value is -2.86. The summed E-state index contributed by atoms with van der Waals surface area (Å²) in [5.74, 6) is 2.03. The third-order valence-corrected chi connectivity index (χ3v) is 6.51.